The van der Waals surface area contributed by atoms with Gasteiger partial charge in [0.25, 0.3) is 0 Å². The average molecular weight is 194 g/mol. The first-order valence-corrected chi connectivity index (χ1v) is 6.08. The van der Waals surface area contributed by atoms with E-state index in [1.54, 1.807) is 0 Å². The molecule has 2 rings (SSSR count). The predicted octanol–water partition coefficient (Wildman–Crippen LogP) is 3.69. The first kappa shape index (κ1) is 10.2. The lowest BCUT2D eigenvalue weighted by Gasteiger charge is -2.36. The van der Waals surface area contributed by atoms with Gasteiger partial charge in [-0.05, 0) is 38.5 Å². The lowest BCUT2D eigenvalue weighted by Crippen LogP contribution is -2.33. The summed E-state index contributed by atoms with van der Waals surface area (Å²) >= 11 is 0. The van der Waals surface area contributed by atoms with Crippen molar-refractivity contribution in [2.24, 2.45) is 5.92 Å². The van der Waals surface area contributed by atoms with Gasteiger partial charge in [-0.1, -0.05) is 31.4 Å². The van der Waals surface area contributed by atoms with E-state index in [1.165, 1.54) is 37.7 Å². The van der Waals surface area contributed by atoms with Gasteiger partial charge in [0, 0.05) is 0 Å². The molecule has 0 aromatic rings. The Bertz CT molecular complexity index is 203. The lowest BCUT2D eigenvalue weighted by atomic mass is 9.81. The molecular weight excluding hydrogens is 172 g/mol. The quantitative estimate of drug-likeness (QED) is 0.578. The van der Waals surface area contributed by atoms with Crippen molar-refractivity contribution in [3.8, 4) is 0 Å². The summed E-state index contributed by atoms with van der Waals surface area (Å²) < 4.78 is 6.04. The summed E-state index contributed by atoms with van der Waals surface area (Å²) in [5.74, 6) is 0.822. The van der Waals surface area contributed by atoms with Crippen LogP contribution >= 0.6 is 0 Å². The van der Waals surface area contributed by atoms with Crippen LogP contribution in [0.2, 0.25) is 0 Å². The van der Waals surface area contributed by atoms with Gasteiger partial charge in [0.15, 0.2) is 0 Å². The van der Waals surface area contributed by atoms with Gasteiger partial charge < -0.3 is 4.74 Å². The zero-order valence-corrected chi connectivity index (χ0v) is 9.30. The fourth-order valence-corrected chi connectivity index (χ4v) is 2.95. The molecule has 0 spiro atoms. The van der Waals surface area contributed by atoms with E-state index >= 15 is 0 Å². The van der Waals surface area contributed by atoms with E-state index in [0.29, 0.717) is 12.2 Å². The van der Waals surface area contributed by atoms with Crippen molar-refractivity contribution in [2.75, 3.05) is 0 Å². The SMILES string of the molecule is C=C1C[C@@H](C2CCCCC2)O[C@@H](C)C1. The molecule has 0 radical (unpaired) electrons. The van der Waals surface area contributed by atoms with Crippen molar-refractivity contribution < 1.29 is 4.74 Å². The molecule has 0 aromatic carbocycles. The number of rotatable bonds is 1. The molecule has 80 valence electrons. The third kappa shape index (κ3) is 2.38. The maximum Gasteiger partial charge on any atom is 0.0644 e. The zero-order valence-electron chi connectivity index (χ0n) is 9.30. The molecule has 14 heavy (non-hydrogen) atoms. The minimum atomic E-state index is 0.406. The maximum atomic E-state index is 6.04. The monoisotopic (exact) mass is 194 g/mol. The van der Waals surface area contributed by atoms with E-state index in [-0.39, 0.29) is 0 Å². The van der Waals surface area contributed by atoms with Gasteiger partial charge in [-0.15, -0.1) is 0 Å². The van der Waals surface area contributed by atoms with Crippen LogP contribution in [0.25, 0.3) is 0 Å². The summed E-state index contributed by atoms with van der Waals surface area (Å²) in [4.78, 5) is 0. The van der Waals surface area contributed by atoms with Gasteiger partial charge in [0.1, 0.15) is 0 Å². The molecule has 2 atom stereocenters. The zero-order chi connectivity index (χ0) is 9.97. The van der Waals surface area contributed by atoms with Crippen molar-refractivity contribution in [3.63, 3.8) is 0 Å². The molecule has 0 unspecified atom stereocenters. The maximum absolute atomic E-state index is 6.04. The van der Waals surface area contributed by atoms with Gasteiger partial charge in [0.05, 0.1) is 12.2 Å². The van der Waals surface area contributed by atoms with Gasteiger partial charge in [-0.25, -0.2) is 0 Å². The molecule has 2 aliphatic rings. The molecule has 1 saturated heterocycles. The van der Waals surface area contributed by atoms with E-state index in [2.05, 4.69) is 13.5 Å². The standard InChI is InChI=1S/C13H22O/c1-10-8-11(2)14-13(9-10)12-6-4-3-5-7-12/h11-13H,1,3-9H2,2H3/t11-,13-/m0/s1. The Hall–Kier alpha value is -0.300. The predicted molar refractivity (Wildman–Crippen MR) is 59.3 cm³/mol. The molecule has 0 bridgehead atoms. The summed E-state index contributed by atoms with van der Waals surface area (Å²) in [6, 6.07) is 0. The van der Waals surface area contributed by atoms with Gasteiger partial charge in [-0.2, -0.15) is 0 Å². The normalized spacial score (nSPS) is 35.9. The second-order valence-corrected chi connectivity index (χ2v) is 5.04. The minimum absolute atomic E-state index is 0.406. The van der Waals surface area contributed by atoms with Crippen LogP contribution < -0.4 is 0 Å². The molecule has 0 aromatic heterocycles. The van der Waals surface area contributed by atoms with E-state index in [9.17, 15) is 0 Å². The first-order chi connectivity index (χ1) is 6.75. The first-order valence-electron chi connectivity index (χ1n) is 6.08. The van der Waals surface area contributed by atoms with Crippen LogP contribution in [-0.2, 0) is 4.74 Å². The molecule has 1 heterocycles. The molecule has 1 heteroatoms. The smallest absolute Gasteiger partial charge is 0.0644 e. The van der Waals surface area contributed by atoms with Crippen LogP contribution in [0.15, 0.2) is 12.2 Å². The van der Waals surface area contributed by atoms with Crippen molar-refractivity contribution in [1.29, 1.82) is 0 Å². The molecule has 1 aliphatic heterocycles. The Morgan fingerprint density at radius 1 is 1.14 bits per heavy atom. The second kappa shape index (κ2) is 4.48. The van der Waals surface area contributed by atoms with Crippen LogP contribution in [0, 0.1) is 5.92 Å². The summed E-state index contributed by atoms with van der Waals surface area (Å²) in [6.45, 7) is 6.31. The van der Waals surface area contributed by atoms with Crippen molar-refractivity contribution >= 4 is 0 Å². The molecular formula is C13H22O. The van der Waals surface area contributed by atoms with Gasteiger partial charge in [-0.3, -0.25) is 0 Å². The molecule has 0 N–H and O–H groups in total. The highest BCUT2D eigenvalue weighted by atomic mass is 16.5. The number of hydrogen-bond donors (Lipinski definition) is 0. The van der Waals surface area contributed by atoms with Gasteiger partial charge >= 0.3 is 0 Å². The van der Waals surface area contributed by atoms with E-state index in [0.717, 1.165) is 18.8 Å². The van der Waals surface area contributed by atoms with Gasteiger partial charge in [0.2, 0.25) is 0 Å². The third-order valence-corrected chi connectivity index (χ3v) is 3.65. The molecule has 1 nitrogen and oxygen atoms in total. The third-order valence-electron chi connectivity index (χ3n) is 3.65. The van der Waals surface area contributed by atoms with Crippen molar-refractivity contribution in [1.82, 2.24) is 0 Å². The van der Waals surface area contributed by atoms with E-state index < -0.39 is 0 Å². The number of hydrogen-bond acceptors (Lipinski definition) is 1. The van der Waals surface area contributed by atoms with Crippen LogP contribution in [-0.4, -0.2) is 12.2 Å². The fourth-order valence-electron chi connectivity index (χ4n) is 2.95. The highest BCUT2D eigenvalue weighted by Gasteiger charge is 2.29. The van der Waals surface area contributed by atoms with E-state index in [1.807, 2.05) is 0 Å². The average Bonchev–Trinajstić information content (AvgIpc) is 2.18. The molecule has 0 amide bonds. The largest absolute Gasteiger partial charge is 0.374 e. The number of ether oxygens (including phenoxy) is 1. The summed E-state index contributed by atoms with van der Waals surface area (Å²) in [5.41, 5.74) is 1.40. The molecule has 1 aliphatic carbocycles. The Labute approximate surface area is 87.5 Å². The van der Waals surface area contributed by atoms with Crippen LogP contribution in [0.5, 0.6) is 0 Å². The summed E-state index contributed by atoms with van der Waals surface area (Å²) in [7, 11) is 0. The summed E-state index contributed by atoms with van der Waals surface area (Å²) in [5, 5.41) is 0. The minimum Gasteiger partial charge on any atom is -0.374 e. The second-order valence-electron chi connectivity index (χ2n) is 5.04. The topological polar surface area (TPSA) is 9.23 Å². The van der Waals surface area contributed by atoms with Crippen molar-refractivity contribution in [2.45, 2.75) is 64.1 Å². The molecule has 2 fully saturated rings. The highest BCUT2D eigenvalue weighted by Crippen LogP contribution is 2.34. The Kier molecular flexibility index (Phi) is 3.27. The van der Waals surface area contributed by atoms with Crippen LogP contribution in [0.3, 0.4) is 0 Å². The summed E-state index contributed by atoms with van der Waals surface area (Å²) in [6.07, 6.45) is 10.1. The van der Waals surface area contributed by atoms with Crippen LogP contribution in [0.4, 0.5) is 0 Å². The fraction of sp³-hybridized carbons (Fsp3) is 0.846. The Morgan fingerprint density at radius 2 is 1.86 bits per heavy atom. The Morgan fingerprint density at radius 3 is 2.50 bits per heavy atom. The van der Waals surface area contributed by atoms with E-state index in [4.69, 9.17) is 4.74 Å². The Balaban J connectivity index is 1.91. The molecule has 1 saturated carbocycles. The highest BCUT2D eigenvalue weighted by molar-refractivity contribution is 5.02. The van der Waals surface area contributed by atoms with Crippen LogP contribution in [0.1, 0.15) is 51.9 Å². The van der Waals surface area contributed by atoms with Crippen molar-refractivity contribution in [3.05, 3.63) is 12.2 Å². The lowest BCUT2D eigenvalue weighted by molar-refractivity contribution is -0.0591.